The largest absolute Gasteiger partial charge is 0.328 e. The van der Waals surface area contributed by atoms with E-state index in [0.29, 0.717) is 6.04 Å². The summed E-state index contributed by atoms with van der Waals surface area (Å²) in [6.07, 6.45) is 3.82. The predicted octanol–water partition coefficient (Wildman–Crippen LogP) is 3.68. The number of halogens is 1. The summed E-state index contributed by atoms with van der Waals surface area (Å²) in [5, 5.41) is 0. The Morgan fingerprint density at radius 2 is 2.20 bits per heavy atom. The minimum atomic E-state index is 0.360. The SMILES string of the molecule is CC(N)CC1CC(c2cccc(Br)c2)C1. The molecule has 0 bridgehead atoms. The Morgan fingerprint density at radius 1 is 1.47 bits per heavy atom. The summed E-state index contributed by atoms with van der Waals surface area (Å²) in [6.45, 7) is 2.10. The highest BCUT2D eigenvalue weighted by Gasteiger charge is 2.30. The molecule has 15 heavy (non-hydrogen) atoms. The van der Waals surface area contributed by atoms with Crippen molar-refractivity contribution < 1.29 is 0 Å². The molecule has 0 aliphatic heterocycles. The summed E-state index contributed by atoms with van der Waals surface area (Å²) in [4.78, 5) is 0. The Hall–Kier alpha value is -0.340. The first-order valence-corrected chi connectivity index (χ1v) is 6.45. The summed E-state index contributed by atoms with van der Waals surface area (Å²) in [6, 6.07) is 9.04. The van der Waals surface area contributed by atoms with Crippen LogP contribution in [-0.2, 0) is 0 Å². The molecule has 0 spiro atoms. The second-order valence-electron chi connectivity index (χ2n) is 4.80. The van der Waals surface area contributed by atoms with Gasteiger partial charge in [-0.25, -0.2) is 0 Å². The highest BCUT2D eigenvalue weighted by atomic mass is 79.9. The maximum absolute atomic E-state index is 5.80. The molecular formula is C13H18BrN. The van der Waals surface area contributed by atoms with Gasteiger partial charge < -0.3 is 5.73 Å². The van der Waals surface area contributed by atoms with Gasteiger partial charge in [-0.1, -0.05) is 28.1 Å². The summed E-state index contributed by atoms with van der Waals surface area (Å²) in [7, 11) is 0. The topological polar surface area (TPSA) is 26.0 Å². The molecule has 0 heterocycles. The Labute approximate surface area is 100 Å². The van der Waals surface area contributed by atoms with Crippen LogP contribution in [0, 0.1) is 5.92 Å². The summed E-state index contributed by atoms with van der Waals surface area (Å²) in [5.74, 6) is 1.63. The lowest BCUT2D eigenvalue weighted by Crippen LogP contribution is -2.28. The predicted molar refractivity (Wildman–Crippen MR) is 67.9 cm³/mol. The lowest BCUT2D eigenvalue weighted by molar-refractivity contribution is 0.237. The van der Waals surface area contributed by atoms with Crippen molar-refractivity contribution >= 4 is 15.9 Å². The Balaban J connectivity index is 1.89. The first kappa shape index (κ1) is 11.2. The molecule has 1 aromatic carbocycles. The van der Waals surface area contributed by atoms with Crippen LogP contribution in [0.15, 0.2) is 28.7 Å². The van der Waals surface area contributed by atoms with Crippen molar-refractivity contribution in [2.45, 2.75) is 38.1 Å². The van der Waals surface area contributed by atoms with Crippen molar-refractivity contribution in [1.82, 2.24) is 0 Å². The van der Waals surface area contributed by atoms with Gasteiger partial charge in [-0.2, -0.15) is 0 Å². The molecule has 1 aromatic rings. The van der Waals surface area contributed by atoms with Crippen LogP contribution in [0.5, 0.6) is 0 Å². The third-order valence-corrected chi connectivity index (χ3v) is 3.75. The van der Waals surface area contributed by atoms with E-state index < -0.39 is 0 Å². The number of benzene rings is 1. The first-order chi connectivity index (χ1) is 7.15. The van der Waals surface area contributed by atoms with E-state index in [9.17, 15) is 0 Å². The van der Waals surface area contributed by atoms with Gasteiger partial charge in [0.1, 0.15) is 0 Å². The minimum absolute atomic E-state index is 0.360. The van der Waals surface area contributed by atoms with Gasteiger partial charge in [0.05, 0.1) is 0 Å². The Morgan fingerprint density at radius 3 is 2.80 bits per heavy atom. The maximum atomic E-state index is 5.80. The van der Waals surface area contributed by atoms with E-state index in [1.165, 1.54) is 29.3 Å². The Bertz CT molecular complexity index is 329. The molecule has 1 saturated carbocycles. The molecule has 2 heteroatoms. The van der Waals surface area contributed by atoms with Gasteiger partial charge in [-0.15, -0.1) is 0 Å². The van der Waals surface area contributed by atoms with E-state index in [1.54, 1.807) is 0 Å². The van der Waals surface area contributed by atoms with Crippen LogP contribution >= 0.6 is 15.9 Å². The molecule has 0 amide bonds. The molecule has 1 aliphatic carbocycles. The van der Waals surface area contributed by atoms with Gasteiger partial charge in [0, 0.05) is 10.5 Å². The summed E-state index contributed by atoms with van der Waals surface area (Å²) >= 11 is 3.52. The number of rotatable bonds is 3. The molecule has 82 valence electrons. The number of nitrogens with two attached hydrogens (primary N) is 1. The third-order valence-electron chi connectivity index (χ3n) is 3.26. The van der Waals surface area contributed by atoms with E-state index in [4.69, 9.17) is 5.73 Å². The fourth-order valence-corrected chi connectivity index (χ4v) is 2.90. The molecule has 1 nitrogen and oxygen atoms in total. The smallest absolute Gasteiger partial charge is 0.0178 e. The molecule has 0 aromatic heterocycles. The second kappa shape index (κ2) is 4.67. The van der Waals surface area contributed by atoms with Crippen molar-refractivity contribution in [3.05, 3.63) is 34.3 Å². The molecular weight excluding hydrogens is 250 g/mol. The normalized spacial score (nSPS) is 27.1. The van der Waals surface area contributed by atoms with Crippen LogP contribution in [0.1, 0.15) is 37.7 Å². The van der Waals surface area contributed by atoms with Crippen LogP contribution < -0.4 is 5.73 Å². The van der Waals surface area contributed by atoms with E-state index in [-0.39, 0.29) is 0 Å². The van der Waals surface area contributed by atoms with Crippen LogP contribution in [-0.4, -0.2) is 6.04 Å². The molecule has 0 radical (unpaired) electrons. The highest BCUT2D eigenvalue weighted by Crippen LogP contribution is 2.43. The van der Waals surface area contributed by atoms with E-state index in [0.717, 1.165) is 11.8 Å². The molecule has 1 atom stereocenters. The molecule has 1 unspecified atom stereocenters. The van der Waals surface area contributed by atoms with Crippen molar-refractivity contribution in [3.63, 3.8) is 0 Å². The molecule has 0 saturated heterocycles. The zero-order valence-electron chi connectivity index (χ0n) is 9.12. The average Bonchev–Trinajstić information content (AvgIpc) is 2.10. The standard InChI is InChI=1S/C13H18BrN/c1-9(15)5-10-6-12(7-10)11-3-2-4-13(14)8-11/h2-4,8-10,12H,5-7,15H2,1H3. The van der Waals surface area contributed by atoms with Gasteiger partial charge in [0.15, 0.2) is 0 Å². The lowest BCUT2D eigenvalue weighted by atomic mass is 9.69. The van der Waals surface area contributed by atoms with Gasteiger partial charge in [-0.3, -0.25) is 0 Å². The minimum Gasteiger partial charge on any atom is -0.328 e. The monoisotopic (exact) mass is 267 g/mol. The fraction of sp³-hybridized carbons (Fsp3) is 0.538. The molecule has 2 N–H and O–H groups in total. The van der Waals surface area contributed by atoms with Gasteiger partial charge in [-0.05, 0) is 55.7 Å². The van der Waals surface area contributed by atoms with Crippen molar-refractivity contribution in [2.75, 3.05) is 0 Å². The van der Waals surface area contributed by atoms with Crippen LogP contribution in [0.3, 0.4) is 0 Å². The third kappa shape index (κ3) is 2.82. The molecule has 1 aliphatic rings. The van der Waals surface area contributed by atoms with E-state index >= 15 is 0 Å². The van der Waals surface area contributed by atoms with Crippen molar-refractivity contribution in [3.8, 4) is 0 Å². The molecule has 1 fully saturated rings. The summed E-state index contributed by atoms with van der Waals surface area (Å²) in [5.41, 5.74) is 7.28. The lowest BCUT2D eigenvalue weighted by Gasteiger charge is -2.36. The van der Waals surface area contributed by atoms with Crippen molar-refractivity contribution in [2.24, 2.45) is 11.7 Å². The average molecular weight is 268 g/mol. The van der Waals surface area contributed by atoms with Crippen LogP contribution in [0.2, 0.25) is 0 Å². The maximum Gasteiger partial charge on any atom is 0.0178 e. The second-order valence-corrected chi connectivity index (χ2v) is 5.72. The first-order valence-electron chi connectivity index (χ1n) is 5.66. The van der Waals surface area contributed by atoms with E-state index in [1.807, 2.05) is 0 Å². The Kier molecular flexibility index (Phi) is 3.47. The van der Waals surface area contributed by atoms with Crippen LogP contribution in [0.4, 0.5) is 0 Å². The van der Waals surface area contributed by atoms with Gasteiger partial charge in [0.25, 0.3) is 0 Å². The van der Waals surface area contributed by atoms with E-state index in [2.05, 4.69) is 47.1 Å². The molecule has 2 rings (SSSR count). The number of hydrogen-bond donors (Lipinski definition) is 1. The zero-order valence-corrected chi connectivity index (χ0v) is 10.7. The highest BCUT2D eigenvalue weighted by molar-refractivity contribution is 9.10. The summed E-state index contributed by atoms with van der Waals surface area (Å²) < 4.78 is 1.19. The van der Waals surface area contributed by atoms with Crippen LogP contribution in [0.25, 0.3) is 0 Å². The van der Waals surface area contributed by atoms with Gasteiger partial charge in [0.2, 0.25) is 0 Å². The number of hydrogen-bond acceptors (Lipinski definition) is 1. The zero-order chi connectivity index (χ0) is 10.8. The van der Waals surface area contributed by atoms with Gasteiger partial charge >= 0.3 is 0 Å². The fourth-order valence-electron chi connectivity index (χ4n) is 2.49. The quantitative estimate of drug-likeness (QED) is 0.889. The van der Waals surface area contributed by atoms with Crippen molar-refractivity contribution in [1.29, 1.82) is 0 Å².